The number of nitrogens with zero attached hydrogens (tertiary/aromatic N) is 3. The Labute approximate surface area is 267 Å². The summed E-state index contributed by atoms with van der Waals surface area (Å²) in [7, 11) is 0. The molecule has 4 aromatic carbocycles. The molecule has 3 N–H and O–H groups in total. The van der Waals surface area contributed by atoms with Gasteiger partial charge in [-0.2, -0.15) is 10.1 Å². The summed E-state index contributed by atoms with van der Waals surface area (Å²) in [5, 5.41) is 25.0. The maximum atomic E-state index is 13.4. The number of nitro groups is 1. The van der Waals surface area contributed by atoms with E-state index in [-0.39, 0.29) is 46.8 Å². The van der Waals surface area contributed by atoms with Crippen LogP contribution in [0.1, 0.15) is 22.3 Å². The molecule has 1 aliphatic heterocycles. The number of benzene rings is 4. The SMILES string of the molecule is O=C(CSc1cccc(NC(=O)/C(=C\c2ccccc2[N+](=O)[O-])NC(=O)c2ccccc2)c1)NC1=NN(c2ccccc2)C(=O)C1. The van der Waals surface area contributed by atoms with Crippen LogP contribution in [-0.2, 0) is 14.4 Å². The minimum Gasteiger partial charge on any atom is -0.321 e. The van der Waals surface area contributed by atoms with Gasteiger partial charge >= 0.3 is 0 Å². The van der Waals surface area contributed by atoms with E-state index in [2.05, 4.69) is 21.1 Å². The number of rotatable bonds is 10. The number of carbonyl (C=O) groups excluding carboxylic acids is 4. The summed E-state index contributed by atoms with van der Waals surface area (Å²) >= 11 is 1.20. The highest BCUT2D eigenvalue weighted by Crippen LogP contribution is 2.24. The predicted molar refractivity (Wildman–Crippen MR) is 175 cm³/mol. The molecule has 0 radical (unpaired) electrons. The number of nitro benzene ring substituents is 1. The fraction of sp³-hybridized carbons (Fsp3) is 0.0606. The molecule has 1 aliphatic rings. The highest BCUT2D eigenvalue weighted by Gasteiger charge is 2.26. The van der Waals surface area contributed by atoms with Crippen molar-refractivity contribution in [3.63, 3.8) is 0 Å². The van der Waals surface area contributed by atoms with E-state index in [1.807, 2.05) is 6.07 Å². The third-order valence-corrected chi connectivity index (χ3v) is 7.48. The van der Waals surface area contributed by atoms with E-state index in [0.29, 0.717) is 21.8 Å². The van der Waals surface area contributed by atoms with Gasteiger partial charge in [0.1, 0.15) is 11.5 Å². The van der Waals surface area contributed by atoms with Crippen molar-refractivity contribution >= 4 is 64.4 Å². The van der Waals surface area contributed by atoms with Gasteiger partial charge in [0.25, 0.3) is 23.4 Å². The number of hydrazone groups is 1. The second kappa shape index (κ2) is 14.6. The smallest absolute Gasteiger partial charge is 0.276 e. The number of hydrogen-bond acceptors (Lipinski definition) is 8. The number of thioether (sulfide) groups is 1. The summed E-state index contributed by atoms with van der Waals surface area (Å²) in [5.74, 6) is -1.65. The zero-order valence-electron chi connectivity index (χ0n) is 24.1. The molecule has 0 unspecified atom stereocenters. The Kier molecular flexibility index (Phi) is 9.95. The molecule has 0 fully saturated rings. The van der Waals surface area contributed by atoms with E-state index < -0.39 is 16.7 Å². The molecule has 46 heavy (non-hydrogen) atoms. The molecule has 230 valence electrons. The topological polar surface area (TPSA) is 163 Å². The zero-order chi connectivity index (χ0) is 32.5. The van der Waals surface area contributed by atoms with Crippen LogP contribution in [0.15, 0.2) is 125 Å². The van der Waals surface area contributed by atoms with Crippen LogP contribution in [0.2, 0.25) is 0 Å². The van der Waals surface area contributed by atoms with E-state index in [1.165, 1.54) is 41.0 Å². The molecule has 0 spiro atoms. The van der Waals surface area contributed by atoms with E-state index in [4.69, 9.17) is 0 Å². The van der Waals surface area contributed by atoms with Crippen molar-refractivity contribution in [2.75, 3.05) is 16.1 Å². The molecular weight excluding hydrogens is 608 g/mol. The summed E-state index contributed by atoms with van der Waals surface area (Å²) in [6, 6.07) is 29.7. The van der Waals surface area contributed by atoms with Crippen LogP contribution < -0.4 is 21.0 Å². The molecule has 5 rings (SSSR count). The van der Waals surface area contributed by atoms with Gasteiger partial charge in [0.2, 0.25) is 5.91 Å². The molecule has 0 aromatic heterocycles. The molecule has 0 atom stereocenters. The number of anilines is 2. The average molecular weight is 635 g/mol. The summed E-state index contributed by atoms with van der Waals surface area (Å²) < 4.78 is 0. The number of amides is 4. The molecule has 0 saturated carbocycles. The Balaban J connectivity index is 1.26. The van der Waals surface area contributed by atoms with Crippen LogP contribution in [-0.4, -0.2) is 40.1 Å². The van der Waals surface area contributed by atoms with Gasteiger partial charge in [-0.25, -0.2) is 0 Å². The minimum absolute atomic E-state index is 0.00586. The molecular formula is C33H26N6O6S. The molecule has 0 bridgehead atoms. The Morgan fingerprint density at radius 3 is 2.33 bits per heavy atom. The van der Waals surface area contributed by atoms with Gasteiger partial charge in [-0.3, -0.25) is 29.3 Å². The van der Waals surface area contributed by atoms with Gasteiger partial charge in [-0.15, -0.1) is 11.8 Å². The lowest BCUT2D eigenvalue weighted by Crippen LogP contribution is -2.31. The van der Waals surface area contributed by atoms with Gasteiger partial charge in [0.05, 0.1) is 28.3 Å². The molecule has 13 heteroatoms. The Bertz CT molecular complexity index is 1860. The summed E-state index contributed by atoms with van der Waals surface area (Å²) in [6.07, 6.45) is 1.21. The average Bonchev–Trinajstić information content (AvgIpc) is 3.43. The second-order valence-electron chi connectivity index (χ2n) is 9.78. The second-order valence-corrected chi connectivity index (χ2v) is 10.8. The van der Waals surface area contributed by atoms with E-state index >= 15 is 0 Å². The van der Waals surface area contributed by atoms with Crippen molar-refractivity contribution in [3.05, 3.63) is 136 Å². The summed E-state index contributed by atoms with van der Waals surface area (Å²) in [5.41, 5.74) is 0.936. The first-order valence-electron chi connectivity index (χ1n) is 13.9. The van der Waals surface area contributed by atoms with Gasteiger partial charge < -0.3 is 16.0 Å². The standard InChI is InChI=1S/C33H26N6O6S/c40-30(36-29-20-31(41)38(37-29)25-14-5-2-6-15-25)21-46-26-16-9-13-24(19-26)34-33(43)27(35-32(42)22-10-3-1-4-11-22)18-23-12-7-8-17-28(23)39(44)45/h1-19H,20-21H2,(H,34,43)(H,35,42)(H,36,37,40)/b27-18+. The first-order valence-corrected chi connectivity index (χ1v) is 14.9. The maximum absolute atomic E-state index is 13.4. The molecule has 4 aromatic rings. The Morgan fingerprint density at radius 1 is 0.891 bits per heavy atom. The van der Waals surface area contributed by atoms with Crippen molar-refractivity contribution in [2.45, 2.75) is 11.3 Å². The summed E-state index contributed by atoms with van der Waals surface area (Å²) in [4.78, 5) is 63.0. The van der Waals surface area contributed by atoms with Crippen LogP contribution in [0.3, 0.4) is 0 Å². The first-order chi connectivity index (χ1) is 22.3. The third kappa shape index (κ3) is 8.09. The maximum Gasteiger partial charge on any atom is 0.276 e. The summed E-state index contributed by atoms with van der Waals surface area (Å²) in [6.45, 7) is 0. The minimum atomic E-state index is -0.714. The van der Waals surface area contributed by atoms with Gasteiger partial charge in [-0.05, 0) is 54.6 Å². The number of carbonyl (C=O) groups is 4. The molecule has 1 heterocycles. The normalized spacial score (nSPS) is 12.7. The Hall–Kier alpha value is -6.08. The quantitative estimate of drug-likeness (QED) is 0.0961. The number of para-hydroxylation sites is 2. The lowest BCUT2D eigenvalue weighted by molar-refractivity contribution is -0.385. The van der Waals surface area contributed by atoms with Gasteiger partial charge in [0.15, 0.2) is 0 Å². The number of nitrogens with one attached hydrogen (secondary N) is 3. The van der Waals surface area contributed by atoms with Crippen molar-refractivity contribution in [1.29, 1.82) is 0 Å². The number of amidine groups is 1. The first kappa shape index (κ1) is 31.3. The zero-order valence-corrected chi connectivity index (χ0v) is 24.9. The van der Waals surface area contributed by atoms with Crippen LogP contribution in [0.25, 0.3) is 6.08 Å². The molecule has 4 amide bonds. The predicted octanol–water partition coefficient (Wildman–Crippen LogP) is 4.96. The van der Waals surface area contributed by atoms with E-state index in [9.17, 15) is 29.3 Å². The van der Waals surface area contributed by atoms with Crippen molar-refractivity contribution in [2.24, 2.45) is 5.10 Å². The molecule has 12 nitrogen and oxygen atoms in total. The van der Waals surface area contributed by atoms with Crippen molar-refractivity contribution < 1.29 is 24.1 Å². The molecule has 0 aliphatic carbocycles. The lowest BCUT2D eigenvalue weighted by Gasteiger charge is -2.12. The van der Waals surface area contributed by atoms with Crippen LogP contribution in [0.4, 0.5) is 17.1 Å². The van der Waals surface area contributed by atoms with E-state index in [0.717, 1.165) is 0 Å². The fourth-order valence-corrected chi connectivity index (χ4v) is 5.11. The van der Waals surface area contributed by atoms with Crippen LogP contribution in [0.5, 0.6) is 0 Å². The highest BCUT2D eigenvalue weighted by atomic mass is 32.2. The van der Waals surface area contributed by atoms with Gasteiger partial charge in [0, 0.05) is 22.2 Å². The molecule has 0 saturated heterocycles. The van der Waals surface area contributed by atoms with Gasteiger partial charge in [-0.1, -0.05) is 54.6 Å². The van der Waals surface area contributed by atoms with E-state index in [1.54, 1.807) is 84.9 Å². The van der Waals surface area contributed by atoms with Crippen LogP contribution >= 0.6 is 11.8 Å². The Morgan fingerprint density at radius 2 is 1.59 bits per heavy atom. The van der Waals surface area contributed by atoms with Crippen molar-refractivity contribution in [3.8, 4) is 0 Å². The third-order valence-electron chi connectivity index (χ3n) is 6.48. The van der Waals surface area contributed by atoms with Crippen molar-refractivity contribution in [1.82, 2.24) is 10.6 Å². The largest absolute Gasteiger partial charge is 0.321 e. The highest BCUT2D eigenvalue weighted by molar-refractivity contribution is 8.00. The fourth-order valence-electron chi connectivity index (χ4n) is 4.35. The lowest BCUT2D eigenvalue weighted by atomic mass is 10.1. The monoisotopic (exact) mass is 634 g/mol. The number of hydrogen-bond donors (Lipinski definition) is 3. The van der Waals surface area contributed by atoms with Crippen LogP contribution in [0, 0.1) is 10.1 Å².